The third-order valence-corrected chi connectivity index (χ3v) is 2.63. The van der Waals surface area contributed by atoms with Gasteiger partial charge in [0.25, 0.3) is 0 Å². The molecule has 0 spiro atoms. The summed E-state index contributed by atoms with van der Waals surface area (Å²) >= 11 is 0. The van der Waals surface area contributed by atoms with E-state index in [9.17, 15) is 18.0 Å². The summed E-state index contributed by atoms with van der Waals surface area (Å²) in [5.74, 6) is -0.523. The largest absolute Gasteiger partial charge is 0.492 e. The Kier molecular flexibility index (Phi) is 5.82. The van der Waals surface area contributed by atoms with E-state index in [0.29, 0.717) is 18.8 Å². The number of rotatable bonds is 7. The van der Waals surface area contributed by atoms with Crippen molar-refractivity contribution in [3.05, 3.63) is 29.8 Å². The highest BCUT2D eigenvalue weighted by Gasteiger charge is 2.29. The number of aliphatic carboxylic acids is 1. The molecule has 4 nitrogen and oxygen atoms in total. The van der Waals surface area contributed by atoms with Crippen molar-refractivity contribution in [3.63, 3.8) is 0 Å². The van der Waals surface area contributed by atoms with E-state index in [1.807, 2.05) is 0 Å². The predicted molar refractivity (Wildman–Crippen MR) is 66.7 cm³/mol. The van der Waals surface area contributed by atoms with Crippen LogP contribution in [0.25, 0.3) is 0 Å². The SMILES string of the molecule is CN(CCOc1ccc(C(F)(F)F)cc1)CCC(=O)O. The zero-order valence-corrected chi connectivity index (χ0v) is 11.0. The third kappa shape index (κ3) is 5.92. The average Bonchev–Trinajstić information content (AvgIpc) is 2.36. The van der Waals surface area contributed by atoms with Gasteiger partial charge >= 0.3 is 12.1 Å². The molecule has 1 aromatic carbocycles. The van der Waals surface area contributed by atoms with E-state index < -0.39 is 17.7 Å². The molecule has 0 unspecified atom stereocenters. The summed E-state index contributed by atoms with van der Waals surface area (Å²) in [5.41, 5.74) is -0.719. The zero-order chi connectivity index (χ0) is 15.2. The lowest BCUT2D eigenvalue weighted by Crippen LogP contribution is -2.26. The van der Waals surface area contributed by atoms with E-state index >= 15 is 0 Å². The molecule has 1 N–H and O–H groups in total. The second kappa shape index (κ2) is 7.14. The van der Waals surface area contributed by atoms with Crippen LogP contribution in [-0.2, 0) is 11.0 Å². The van der Waals surface area contributed by atoms with Crippen LogP contribution in [0.3, 0.4) is 0 Å². The highest BCUT2D eigenvalue weighted by molar-refractivity contribution is 5.66. The molecule has 0 bridgehead atoms. The van der Waals surface area contributed by atoms with Crippen LogP contribution in [0.15, 0.2) is 24.3 Å². The van der Waals surface area contributed by atoms with Crippen LogP contribution >= 0.6 is 0 Å². The van der Waals surface area contributed by atoms with Gasteiger partial charge in [-0.3, -0.25) is 4.79 Å². The Morgan fingerprint density at radius 3 is 2.35 bits per heavy atom. The number of hydrogen-bond donors (Lipinski definition) is 1. The number of halogens is 3. The molecule has 1 aromatic rings. The van der Waals surface area contributed by atoms with Crippen LogP contribution in [0, 0.1) is 0 Å². The van der Waals surface area contributed by atoms with Crippen LogP contribution in [0.4, 0.5) is 13.2 Å². The van der Waals surface area contributed by atoms with Crippen molar-refractivity contribution in [2.24, 2.45) is 0 Å². The fourth-order valence-corrected chi connectivity index (χ4v) is 1.46. The highest BCUT2D eigenvalue weighted by atomic mass is 19.4. The maximum atomic E-state index is 12.3. The first kappa shape index (κ1) is 16.3. The molecule has 0 saturated heterocycles. The van der Waals surface area contributed by atoms with E-state index in [1.54, 1.807) is 11.9 Å². The molecule has 7 heteroatoms. The second-order valence-corrected chi connectivity index (χ2v) is 4.32. The number of carboxylic acid groups (broad SMARTS) is 1. The fraction of sp³-hybridized carbons (Fsp3) is 0.462. The minimum atomic E-state index is -4.35. The van der Waals surface area contributed by atoms with Crippen molar-refractivity contribution in [1.29, 1.82) is 0 Å². The smallest absolute Gasteiger partial charge is 0.416 e. The number of carbonyl (C=O) groups is 1. The monoisotopic (exact) mass is 291 g/mol. The topological polar surface area (TPSA) is 49.8 Å². The maximum absolute atomic E-state index is 12.3. The van der Waals surface area contributed by atoms with Crippen LogP contribution in [0.2, 0.25) is 0 Å². The quantitative estimate of drug-likeness (QED) is 0.838. The lowest BCUT2D eigenvalue weighted by atomic mass is 10.2. The number of ether oxygens (including phenoxy) is 1. The molecule has 0 saturated carbocycles. The Hall–Kier alpha value is -1.76. The Bertz CT molecular complexity index is 431. The molecule has 112 valence electrons. The van der Waals surface area contributed by atoms with E-state index in [1.165, 1.54) is 12.1 Å². The molecule has 0 aliphatic carbocycles. The van der Waals surface area contributed by atoms with Crippen molar-refractivity contribution in [1.82, 2.24) is 4.90 Å². The van der Waals surface area contributed by atoms with Gasteiger partial charge < -0.3 is 14.7 Å². The molecule has 1 rings (SSSR count). The predicted octanol–water partition coefficient (Wildman–Crippen LogP) is 2.49. The molecule has 0 heterocycles. The van der Waals surface area contributed by atoms with Gasteiger partial charge in [0.15, 0.2) is 0 Å². The van der Waals surface area contributed by atoms with Gasteiger partial charge in [-0.2, -0.15) is 13.2 Å². The molecule has 20 heavy (non-hydrogen) atoms. The molecule has 0 amide bonds. The lowest BCUT2D eigenvalue weighted by Gasteiger charge is -2.16. The van der Waals surface area contributed by atoms with Crippen LogP contribution in [0.5, 0.6) is 5.75 Å². The van der Waals surface area contributed by atoms with Gasteiger partial charge in [0.2, 0.25) is 0 Å². The number of carboxylic acids is 1. The Morgan fingerprint density at radius 2 is 1.85 bits per heavy atom. The summed E-state index contributed by atoms with van der Waals surface area (Å²) < 4.78 is 42.3. The molecular weight excluding hydrogens is 275 g/mol. The molecule has 0 aliphatic heterocycles. The second-order valence-electron chi connectivity index (χ2n) is 4.32. The van der Waals surface area contributed by atoms with Crippen molar-refractivity contribution in [2.75, 3.05) is 26.7 Å². The van der Waals surface area contributed by atoms with Crippen LogP contribution in [0.1, 0.15) is 12.0 Å². The van der Waals surface area contributed by atoms with Crippen LogP contribution < -0.4 is 4.74 Å². The first-order chi connectivity index (χ1) is 9.29. The minimum absolute atomic E-state index is 0.0385. The third-order valence-electron chi connectivity index (χ3n) is 2.63. The molecule has 0 fully saturated rings. The molecule has 0 radical (unpaired) electrons. The molecule has 0 aliphatic rings. The summed E-state index contributed by atoms with van der Waals surface area (Å²) in [7, 11) is 1.75. The minimum Gasteiger partial charge on any atom is -0.492 e. The van der Waals surface area contributed by atoms with Crippen LogP contribution in [-0.4, -0.2) is 42.7 Å². The van der Waals surface area contributed by atoms with Crippen molar-refractivity contribution in [3.8, 4) is 5.75 Å². The van der Waals surface area contributed by atoms with E-state index in [0.717, 1.165) is 12.1 Å². The van der Waals surface area contributed by atoms with Gasteiger partial charge in [0, 0.05) is 13.1 Å². The van der Waals surface area contributed by atoms with Crippen molar-refractivity contribution < 1.29 is 27.8 Å². The standard InChI is InChI=1S/C13H16F3NO3/c1-17(7-6-12(18)19)8-9-20-11-4-2-10(3-5-11)13(14,15)16/h2-5H,6-9H2,1H3,(H,18,19). The number of benzene rings is 1. The first-order valence-electron chi connectivity index (χ1n) is 5.99. The Morgan fingerprint density at radius 1 is 1.25 bits per heavy atom. The lowest BCUT2D eigenvalue weighted by molar-refractivity contribution is -0.138. The van der Waals surface area contributed by atoms with Crippen molar-refractivity contribution >= 4 is 5.97 Å². The number of likely N-dealkylation sites (N-methyl/N-ethyl adjacent to an activating group) is 1. The van der Waals surface area contributed by atoms with Gasteiger partial charge in [0.1, 0.15) is 12.4 Å². The summed E-state index contributed by atoms with van der Waals surface area (Å²) in [6, 6.07) is 4.45. The van der Waals surface area contributed by atoms with E-state index in [-0.39, 0.29) is 13.0 Å². The van der Waals surface area contributed by atoms with Gasteiger partial charge in [-0.15, -0.1) is 0 Å². The Labute approximate surface area is 114 Å². The molecule has 0 atom stereocenters. The normalized spacial score (nSPS) is 11.7. The van der Waals surface area contributed by atoms with Gasteiger partial charge in [-0.05, 0) is 31.3 Å². The summed E-state index contributed by atoms with van der Waals surface area (Å²) in [4.78, 5) is 12.1. The summed E-state index contributed by atoms with van der Waals surface area (Å²) in [6.45, 7) is 1.17. The van der Waals surface area contributed by atoms with Gasteiger partial charge in [0.05, 0.1) is 12.0 Å². The summed E-state index contributed by atoms with van der Waals surface area (Å²) in [5, 5.41) is 8.51. The number of nitrogens with zero attached hydrogens (tertiary/aromatic N) is 1. The maximum Gasteiger partial charge on any atom is 0.416 e. The first-order valence-corrected chi connectivity index (χ1v) is 5.99. The number of alkyl halides is 3. The van der Waals surface area contributed by atoms with E-state index in [2.05, 4.69) is 0 Å². The highest BCUT2D eigenvalue weighted by Crippen LogP contribution is 2.30. The van der Waals surface area contributed by atoms with E-state index in [4.69, 9.17) is 9.84 Å². The summed E-state index contributed by atoms with van der Waals surface area (Å²) in [6.07, 6.45) is -4.31. The van der Waals surface area contributed by atoms with Crippen molar-refractivity contribution in [2.45, 2.75) is 12.6 Å². The van der Waals surface area contributed by atoms with Gasteiger partial charge in [-0.25, -0.2) is 0 Å². The Balaban J connectivity index is 2.34. The fourth-order valence-electron chi connectivity index (χ4n) is 1.46. The number of hydrogen-bond acceptors (Lipinski definition) is 3. The molecular formula is C13H16F3NO3. The molecule has 0 aromatic heterocycles. The zero-order valence-electron chi connectivity index (χ0n) is 11.0. The average molecular weight is 291 g/mol. The van der Waals surface area contributed by atoms with Gasteiger partial charge in [-0.1, -0.05) is 0 Å².